The molecule has 0 amide bonds. The smallest absolute Gasteiger partial charge is 0.240 e. The molecule has 2 rings (SSSR count). The van der Waals surface area contributed by atoms with E-state index in [1.54, 1.807) is 13.3 Å². The molecule has 2 N–H and O–H groups in total. The van der Waals surface area contributed by atoms with Crippen LogP contribution in [0.3, 0.4) is 0 Å². The maximum absolute atomic E-state index is 5.31. The fraction of sp³-hybridized carbons (Fsp3) is 0.143. The first-order chi connectivity index (χ1) is 6.79. The molecule has 0 spiro atoms. The van der Waals surface area contributed by atoms with E-state index in [0.717, 1.165) is 5.06 Å². The zero-order valence-electron chi connectivity index (χ0n) is 7.34. The van der Waals surface area contributed by atoms with Crippen molar-refractivity contribution in [1.29, 1.82) is 0 Å². The van der Waals surface area contributed by atoms with Gasteiger partial charge in [-0.05, 0) is 0 Å². The first-order valence-electron chi connectivity index (χ1n) is 3.75. The number of aromatic nitrogens is 4. The number of anilines is 1. The van der Waals surface area contributed by atoms with Crippen molar-refractivity contribution in [3.05, 3.63) is 12.4 Å². The molecule has 0 saturated carbocycles. The predicted octanol–water partition coefficient (Wildman–Crippen LogP) is 0.586. The summed E-state index contributed by atoms with van der Waals surface area (Å²) in [6.07, 6.45) is 3.15. The number of rotatable bonds is 2. The lowest BCUT2D eigenvalue weighted by atomic mass is 10.5. The summed E-state index contributed by atoms with van der Waals surface area (Å²) >= 11 is 1.38. The van der Waals surface area contributed by atoms with Gasteiger partial charge in [0, 0.05) is 0 Å². The molecule has 2 aromatic heterocycles. The summed E-state index contributed by atoms with van der Waals surface area (Å²) in [5.41, 5.74) is 5.90. The molecule has 0 saturated heterocycles. The number of thiazole rings is 1. The van der Waals surface area contributed by atoms with E-state index in [-0.39, 0.29) is 5.95 Å². The standard InChI is InChI=1S/C7H7N5OS/c1-13-5-3-9-6(14-5)4-2-10-7(8)12-11-4/h2-3H,1H3,(H2,8,10,12). The molecular weight excluding hydrogens is 202 g/mol. The molecule has 0 fully saturated rings. The van der Waals surface area contributed by atoms with Crippen LogP contribution in [0.15, 0.2) is 12.4 Å². The van der Waals surface area contributed by atoms with Gasteiger partial charge in [0.15, 0.2) is 5.06 Å². The van der Waals surface area contributed by atoms with Crippen LogP contribution < -0.4 is 10.5 Å². The number of nitrogens with two attached hydrogens (primary N) is 1. The molecule has 0 aromatic carbocycles. The van der Waals surface area contributed by atoms with Gasteiger partial charge in [-0.25, -0.2) is 9.97 Å². The van der Waals surface area contributed by atoms with Gasteiger partial charge in [-0.1, -0.05) is 11.3 Å². The molecular formula is C7H7N5OS. The van der Waals surface area contributed by atoms with Crippen molar-refractivity contribution in [3.8, 4) is 15.8 Å². The van der Waals surface area contributed by atoms with Crippen molar-refractivity contribution >= 4 is 17.3 Å². The van der Waals surface area contributed by atoms with E-state index in [1.165, 1.54) is 17.5 Å². The third-order valence-corrected chi connectivity index (χ3v) is 2.47. The van der Waals surface area contributed by atoms with Gasteiger partial charge in [-0.2, -0.15) is 0 Å². The Morgan fingerprint density at radius 1 is 1.29 bits per heavy atom. The molecule has 6 nitrogen and oxygen atoms in total. The van der Waals surface area contributed by atoms with E-state index in [2.05, 4.69) is 20.2 Å². The van der Waals surface area contributed by atoms with Crippen LogP contribution in [0.2, 0.25) is 0 Å². The Morgan fingerprint density at radius 3 is 2.71 bits per heavy atom. The van der Waals surface area contributed by atoms with Gasteiger partial charge in [-0.3, -0.25) is 0 Å². The van der Waals surface area contributed by atoms with Gasteiger partial charge in [0.1, 0.15) is 10.7 Å². The van der Waals surface area contributed by atoms with Gasteiger partial charge in [-0.15, -0.1) is 10.2 Å². The van der Waals surface area contributed by atoms with Crippen LogP contribution in [0.25, 0.3) is 10.7 Å². The lowest BCUT2D eigenvalue weighted by Crippen LogP contribution is -1.97. The first-order valence-corrected chi connectivity index (χ1v) is 4.56. The number of hydrogen-bond donors (Lipinski definition) is 1. The van der Waals surface area contributed by atoms with Crippen molar-refractivity contribution in [2.45, 2.75) is 0 Å². The highest BCUT2D eigenvalue weighted by Gasteiger charge is 2.06. The monoisotopic (exact) mass is 209 g/mol. The van der Waals surface area contributed by atoms with Gasteiger partial charge in [0.2, 0.25) is 5.95 Å². The molecule has 0 bridgehead atoms. The zero-order valence-corrected chi connectivity index (χ0v) is 8.15. The van der Waals surface area contributed by atoms with Crippen molar-refractivity contribution < 1.29 is 4.74 Å². The average molecular weight is 209 g/mol. The molecule has 0 atom stereocenters. The second-order valence-corrected chi connectivity index (χ2v) is 3.38. The van der Waals surface area contributed by atoms with E-state index >= 15 is 0 Å². The fourth-order valence-corrected chi connectivity index (χ4v) is 1.54. The lowest BCUT2D eigenvalue weighted by Gasteiger charge is -1.92. The second kappa shape index (κ2) is 3.54. The van der Waals surface area contributed by atoms with E-state index in [4.69, 9.17) is 10.5 Å². The molecule has 0 unspecified atom stereocenters. The number of nitrogens with zero attached hydrogens (tertiary/aromatic N) is 4. The van der Waals surface area contributed by atoms with Gasteiger partial charge < -0.3 is 10.5 Å². The second-order valence-electron chi connectivity index (χ2n) is 2.39. The Hall–Kier alpha value is -1.76. The van der Waals surface area contributed by atoms with Crippen LogP contribution in [0, 0.1) is 0 Å². The van der Waals surface area contributed by atoms with Crippen molar-refractivity contribution in [2.24, 2.45) is 0 Å². The molecule has 0 radical (unpaired) electrons. The number of ether oxygens (including phenoxy) is 1. The van der Waals surface area contributed by atoms with Crippen molar-refractivity contribution in [2.75, 3.05) is 12.8 Å². The average Bonchev–Trinajstić information content (AvgIpc) is 2.67. The fourth-order valence-electron chi connectivity index (χ4n) is 0.854. The summed E-state index contributed by atoms with van der Waals surface area (Å²) in [5.74, 6) is 0.150. The highest BCUT2D eigenvalue weighted by atomic mass is 32.1. The molecule has 72 valence electrons. The summed E-state index contributed by atoms with van der Waals surface area (Å²) in [7, 11) is 1.59. The molecule has 7 heteroatoms. The summed E-state index contributed by atoms with van der Waals surface area (Å²) in [6.45, 7) is 0. The minimum Gasteiger partial charge on any atom is -0.486 e. The Balaban J connectivity index is 2.34. The summed E-state index contributed by atoms with van der Waals surface area (Å²) < 4.78 is 5.00. The van der Waals surface area contributed by atoms with Crippen LogP contribution in [-0.2, 0) is 0 Å². The third-order valence-electron chi connectivity index (χ3n) is 1.48. The largest absolute Gasteiger partial charge is 0.486 e. The molecule has 0 aliphatic carbocycles. The van der Waals surface area contributed by atoms with Gasteiger partial charge >= 0.3 is 0 Å². The normalized spacial score (nSPS) is 10.1. The van der Waals surface area contributed by atoms with Crippen LogP contribution in [0.4, 0.5) is 5.95 Å². The topological polar surface area (TPSA) is 86.8 Å². The predicted molar refractivity (Wildman–Crippen MR) is 51.9 cm³/mol. The number of hydrogen-bond acceptors (Lipinski definition) is 7. The Kier molecular flexibility index (Phi) is 2.23. The minimum atomic E-state index is 0.150. The third kappa shape index (κ3) is 1.62. The van der Waals surface area contributed by atoms with Crippen LogP contribution in [0.5, 0.6) is 5.06 Å². The van der Waals surface area contributed by atoms with Gasteiger partial charge in [0.25, 0.3) is 0 Å². The van der Waals surface area contributed by atoms with Crippen molar-refractivity contribution in [1.82, 2.24) is 20.2 Å². The van der Waals surface area contributed by atoms with E-state index < -0.39 is 0 Å². The maximum atomic E-state index is 5.31. The Labute approximate surface area is 83.8 Å². The number of methoxy groups -OCH3 is 1. The molecule has 0 aliphatic rings. The zero-order chi connectivity index (χ0) is 9.97. The SMILES string of the molecule is COc1cnc(-c2cnc(N)nn2)s1. The van der Waals surface area contributed by atoms with E-state index in [0.29, 0.717) is 10.7 Å². The first kappa shape index (κ1) is 8.82. The van der Waals surface area contributed by atoms with Crippen LogP contribution >= 0.6 is 11.3 Å². The summed E-state index contributed by atoms with van der Waals surface area (Å²) in [6, 6.07) is 0. The molecule has 0 aliphatic heterocycles. The van der Waals surface area contributed by atoms with Crippen LogP contribution in [0.1, 0.15) is 0 Å². The van der Waals surface area contributed by atoms with Crippen molar-refractivity contribution in [3.63, 3.8) is 0 Å². The highest BCUT2D eigenvalue weighted by Crippen LogP contribution is 2.27. The molecule has 14 heavy (non-hydrogen) atoms. The minimum absolute atomic E-state index is 0.150. The summed E-state index contributed by atoms with van der Waals surface area (Å²) in [5, 5.41) is 8.92. The lowest BCUT2D eigenvalue weighted by molar-refractivity contribution is 0.426. The summed E-state index contributed by atoms with van der Waals surface area (Å²) in [4.78, 5) is 7.92. The van der Waals surface area contributed by atoms with E-state index in [9.17, 15) is 0 Å². The van der Waals surface area contributed by atoms with Gasteiger partial charge in [0.05, 0.1) is 19.5 Å². The maximum Gasteiger partial charge on any atom is 0.240 e. The molecule has 2 heterocycles. The number of nitrogen functional groups attached to an aromatic ring is 1. The quantitative estimate of drug-likeness (QED) is 0.778. The highest BCUT2D eigenvalue weighted by molar-refractivity contribution is 7.16. The van der Waals surface area contributed by atoms with E-state index in [1.807, 2.05) is 0 Å². The molecule has 2 aromatic rings. The Bertz CT molecular complexity index is 426. The van der Waals surface area contributed by atoms with Crippen LogP contribution in [-0.4, -0.2) is 27.3 Å². The Morgan fingerprint density at radius 2 is 2.14 bits per heavy atom.